The van der Waals surface area contributed by atoms with Crippen molar-refractivity contribution >= 4 is 5.91 Å². The van der Waals surface area contributed by atoms with Crippen LogP contribution in [0.25, 0.3) is 0 Å². The van der Waals surface area contributed by atoms with Gasteiger partial charge in [-0.25, -0.2) is 0 Å². The molecule has 2 aliphatic rings. The van der Waals surface area contributed by atoms with Gasteiger partial charge in [0.2, 0.25) is 0 Å². The molecule has 25 heavy (non-hydrogen) atoms. The minimum Gasteiger partial charge on any atom is -0.380 e. The molecule has 0 unspecified atom stereocenters. The Morgan fingerprint density at radius 1 is 1.24 bits per heavy atom. The monoisotopic (exact) mass is 337 g/mol. The fourth-order valence-electron chi connectivity index (χ4n) is 3.98. The van der Waals surface area contributed by atoms with Crippen molar-refractivity contribution in [2.24, 2.45) is 11.3 Å². The van der Waals surface area contributed by atoms with E-state index < -0.39 is 0 Å². The number of hydrogen-bond acceptors (Lipinski definition) is 4. The quantitative estimate of drug-likeness (QED) is 0.906. The lowest BCUT2D eigenvalue weighted by molar-refractivity contribution is 0.0904. The molecule has 2 saturated heterocycles. The maximum Gasteiger partial charge on any atom is 0.251 e. The summed E-state index contributed by atoms with van der Waals surface area (Å²) in [5, 5.41) is 3.13. The van der Waals surface area contributed by atoms with Gasteiger partial charge in [0.05, 0.1) is 18.9 Å². The Morgan fingerprint density at radius 3 is 2.88 bits per heavy atom. The number of benzene rings is 1. The van der Waals surface area contributed by atoms with Crippen molar-refractivity contribution in [2.75, 3.05) is 32.8 Å². The number of pyridine rings is 1. The zero-order chi connectivity index (χ0) is 17.1. The number of carbonyl (C=O) groups excluding carboxylic acids is 1. The van der Waals surface area contributed by atoms with Crippen LogP contribution in [-0.2, 0) is 11.3 Å². The van der Waals surface area contributed by atoms with Crippen LogP contribution in [0.5, 0.6) is 0 Å². The van der Waals surface area contributed by atoms with E-state index in [9.17, 15) is 4.79 Å². The number of nitrogens with zero attached hydrogens (tertiary/aromatic N) is 2. The third kappa shape index (κ3) is 3.43. The average Bonchev–Trinajstić information content (AvgIpc) is 3.18. The van der Waals surface area contributed by atoms with Gasteiger partial charge in [0, 0.05) is 49.3 Å². The maximum atomic E-state index is 12.4. The molecule has 0 spiro atoms. The van der Waals surface area contributed by atoms with Gasteiger partial charge in [0.25, 0.3) is 5.91 Å². The molecule has 2 fully saturated rings. The molecule has 3 heterocycles. The van der Waals surface area contributed by atoms with Gasteiger partial charge in [-0.3, -0.25) is 14.7 Å². The number of hydrogen-bond donors (Lipinski definition) is 1. The summed E-state index contributed by atoms with van der Waals surface area (Å²) in [5.74, 6) is 0.455. The van der Waals surface area contributed by atoms with Crippen LogP contribution in [0.2, 0.25) is 0 Å². The van der Waals surface area contributed by atoms with Crippen molar-refractivity contribution in [3.63, 3.8) is 0 Å². The summed E-state index contributed by atoms with van der Waals surface area (Å²) in [5.41, 5.74) is 1.81. The first-order chi connectivity index (χ1) is 12.3. The molecule has 0 saturated carbocycles. The number of nitrogens with one attached hydrogen (secondary N) is 1. The second-order valence-corrected chi connectivity index (χ2v) is 7.11. The second-order valence-electron chi connectivity index (χ2n) is 7.11. The van der Waals surface area contributed by atoms with Gasteiger partial charge >= 0.3 is 0 Å². The molecular formula is C20H23N3O2. The summed E-state index contributed by atoms with van der Waals surface area (Å²) in [6, 6.07) is 15.4. The van der Waals surface area contributed by atoms with Gasteiger partial charge in [0.1, 0.15) is 0 Å². The molecule has 1 aromatic carbocycles. The van der Waals surface area contributed by atoms with Crippen molar-refractivity contribution in [1.29, 1.82) is 0 Å². The van der Waals surface area contributed by atoms with E-state index in [1.165, 1.54) is 0 Å². The summed E-state index contributed by atoms with van der Waals surface area (Å²) in [7, 11) is 0. The first-order valence-corrected chi connectivity index (χ1v) is 8.78. The lowest BCUT2D eigenvalue weighted by Gasteiger charge is -2.27. The standard InChI is InChI=1S/C20H23N3O2/c24-19(16-6-2-1-3-7-16)22-13-20-14-23(10-17(20)12-25-15-20)11-18-8-4-5-9-21-18/h1-9,17H,10-15H2,(H,22,24)/t17-,20+/m0/s1. The zero-order valence-electron chi connectivity index (χ0n) is 14.2. The number of rotatable bonds is 5. The number of amides is 1. The van der Waals surface area contributed by atoms with Gasteiger partial charge in [0.15, 0.2) is 0 Å². The van der Waals surface area contributed by atoms with Gasteiger partial charge in [-0.1, -0.05) is 24.3 Å². The van der Waals surface area contributed by atoms with Crippen LogP contribution in [0.4, 0.5) is 0 Å². The molecule has 0 bridgehead atoms. The first-order valence-electron chi connectivity index (χ1n) is 8.78. The number of fused-ring (bicyclic) bond motifs is 1. The molecule has 5 nitrogen and oxygen atoms in total. The molecule has 2 atom stereocenters. The molecule has 1 N–H and O–H groups in total. The average molecular weight is 337 g/mol. The number of carbonyl (C=O) groups is 1. The van der Waals surface area contributed by atoms with E-state index in [0.29, 0.717) is 24.6 Å². The predicted molar refractivity (Wildman–Crippen MR) is 95.0 cm³/mol. The third-order valence-electron chi connectivity index (χ3n) is 5.34. The molecule has 130 valence electrons. The van der Waals surface area contributed by atoms with Gasteiger partial charge in [-0.05, 0) is 24.3 Å². The molecular weight excluding hydrogens is 314 g/mol. The second kappa shape index (κ2) is 6.94. The first kappa shape index (κ1) is 16.2. The summed E-state index contributed by atoms with van der Waals surface area (Å²) in [4.78, 5) is 19.2. The highest BCUT2D eigenvalue weighted by Gasteiger charge is 2.50. The Morgan fingerprint density at radius 2 is 2.08 bits per heavy atom. The van der Waals surface area contributed by atoms with Crippen molar-refractivity contribution in [3.8, 4) is 0 Å². The Balaban J connectivity index is 1.40. The van der Waals surface area contributed by atoms with Crippen LogP contribution in [-0.4, -0.2) is 48.6 Å². The van der Waals surface area contributed by atoms with Gasteiger partial charge in [-0.2, -0.15) is 0 Å². The third-order valence-corrected chi connectivity index (χ3v) is 5.34. The van der Waals surface area contributed by atoms with Crippen LogP contribution in [0.3, 0.4) is 0 Å². The van der Waals surface area contributed by atoms with Crippen molar-refractivity contribution in [2.45, 2.75) is 6.54 Å². The fraction of sp³-hybridized carbons (Fsp3) is 0.400. The Labute approximate surface area is 148 Å². The van der Waals surface area contributed by atoms with E-state index in [-0.39, 0.29) is 11.3 Å². The summed E-state index contributed by atoms with van der Waals surface area (Å²) < 4.78 is 5.76. The molecule has 0 radical (unpaired) electrons. The normalized spacial score (nSPS) is 25.7. The van der Waals surface area contributed by atoms with E-state index >= 15 is 0 Å². The Hall–Kier alpha value is -2.24. The van der Waals surface area contributed by atoms with Crippen LogP contribution in [0.15, 0.2) is 54.7 Å². The largest absolute Gasteiger partial charge is 0.380 e. The molecule has 1 amide bonds. The molecule has 4 rings (SSSR count). The Bertz CT molecular complexity index is 722. The van der Waals surface area contributed by atoms with Crippen molar-refractivity contribution in [3.05, 3.63) is 66.0 Å². The lowest BCUT2D eigenvalue weighted by Crippen LogP contribution is -2.43. The Kier molecular flexibility index (Phi) is 4.51. The van der Waals surface area contributed by atoms with E-state index in [2.05, 4.69) is 21.3 Å². The van der Waals surface area contributed by atoms with Crippen molar-refractivity contribution in [1.82, 2.24) is 15.2 Å². The molecule has 2 aliphatic heterocycles. The number of aromatic nitrogens is 1. The van der Waals surface area contributed by atoms with E-state index in [4.69, 9.17) is 4.74 Å². The van der Waals surface area contributed by atoms with Gasteiger partial charge < -0.3 is 10.1 Å². The SMILES string of the molecule is O=C(NC[C@@]12COC[C@@H]1CN(Cc1ccccn1)C2)c1ccccc1. The molecule has 0 aliphatic carbocycles. The van der Waals surface area contributed by atoms with E-state index in [0.717, 1.165) is 31.9 Å². The van der Waals surface area contributed by atoms with Crippen molar-refractivity contribution < 1.29 is 9.53 Å². The smallest absolute Gasteiger partial charge is 0.251 e. The zero-order valence-corrected chi connectivity index (χ0v) is 14.2. The lowest BCUT2D eigenvalue weighted by atomic mass is 9.81. The topological polar surface area (TPSA) is 54.5 Å². The minimum absolute atomic E-state index is 0.0104. The molecule has 1 aromatic heterocycles. The van der Waals surface area contributed by atoms with Gasteiger partial charge in [-0.15, -0.1) is 0 Å². The molecule has 5 heteroatoms. The minimum atomic E-state index is -0.0104. The molecule has 2 aromatic rings. The van der Waals surface area contributed by atoms with Crippen LogP contribution < -0.4 is 5.32 Å². The van der Waals surface area contributed by atoms with E-state index in [1.807, 2.05) is 48.7 Å². The summed E-state index contributed by atoms with van der Waals surface area (Å²) >= 11 is 0. The summed E-state index contributed by atoms with van der Waals surface area (Å²) in [6.07, 6.45) is 1.84. The predicted octanol–water partition coefficient (Wildman–Crippen LogP) is 1.96. The summed E-state index contributed by atoms with van der Waals surface area (Å²) in [6.45, 7) is 4.93. The van der Waals surface area contributed by atoms with E-state index in [1.54, 1.807) is 0 Å². The highest BCUT2D eigenvalue weighted by atomic mass is 16.5. The highest BCUT2D eigenvalue weighted by molar-refractivity contribution is 5.94. The van der Waals surface area contributed by atoms with Crippen LogP contribution >= 0.6 is 0 Å². The highest BCUT2D eigenvalue weighted by Crippen LogP contribution is 2.41. The fourth-order valence-corrected chi connectivity index (χ4v) is 3.98. The van der Waals surface area contributed by atoms with Crippen LogP contribution in [0.1, 0.15) is 16.1 Å². The number of ether oxygens (including phenoxy) is 1. The van der Waals surface area contributed by atoms with Crippen LogP contribution in [0, 0.1) is 11.3 Å². The maximum absolute atomic E-state index is 12.4. The number of likely N-dealkylation sites (tertiary alicyclic amines) is 1.